The first-order valence-corrected chi connectivity index (χ1v) is 7.46. The molecule has 0 spiro atoms. The van der Waals surface area contributed by atoms with E-state index in [0.717, 1.165) is 16.5 Å². The molecule has 0 atom stereocenters. The molecule has 22 heavy (non-hydrogen) atoms. The second-order valence-electron chi connectivity index (χ2n) is 5.41. The molecule has 1 heterocycles. The van der Waals surface area contributed by atoms with Crippen LogP contribution in [0.3, 0.4) is 0 Å². The highest BCUT2D eigenvalue weighted by atomic mass is 16.3. The number of benzene rings is 1. The summed E-state index contributed by atoms with van der Waals surface area (Å²) in [6.45, 7) is 4.41. The van der Waals surface area contributed by atoms with E-state index in [-0.39, 0.29) is 25.7 Å². The predicted molar refractivity (Wildman–Crippen MR) is 85.9 cm³/mol. The van der Waals surface area contributed by atoms with E-state index in [1.54, 1.807) is 4.90 Å². The third-order valence-corrected chi connectivity index (χ3v) is 3.64. The van der Waals surface area contributed by atoms with Gasteiger partial charge >= 0.3 is 0 Å². The van der Waals surface area contributed by atoms with E-state index < -0.39 is 0 Å². The summed E-state index contributed by atoms with van der Waals surface area (Å²) in [7, 11) is 0. The molecule has 0 unspecified atom stereocenters. The third-order valence-electron chi connectivity index (χ3n) is 3.64. The molecule has 2 N–H and O–H groups in total. The molecule has 5 nitrogen and oxygen atoms in total. The Balaban J connectivity index is 2.36. The van der Waals surface area contributed by atoms with Crippen LogP contribution in [0.15, 0.2) is 24.3 Å². The van der Waals surface area contributed by atoms with E-state index in [2.05, 4.69) is 4.98 Å². The van der Waals surface area contributed by atoms with E-state index in [1.165, 1.54) is 0 Å². The maximum Gasteiger partial charge on any atom is 0.255 e. The average Bonchev–Trinajstić information content (AvgIpc) is 2.50. The van der Waals surface area contributed by atoms with Crippen LogP contribution in [0.25, 0.3) is 10.9 Å². The molecule has 0 aliphatic heterocycles. The van der Waals surface area contributed by atoms with Crippen molar-refractivity contribution in [1.29, 1.82) is 0 Å². The van der Waals surface area contributed by atoms with Gasteiger partial charge in [0.15, 0.2) is 0 Å². The van der Waals surface area contributed by atoms with E-state index in [0.29, 0.717) is 24.2 Å². The summed E-state index contributed by atoms with van der Waals surface area (Å²) in [6.07, 6.45) is 0.491. The second kappa shape index (κ2) is 7.33. The van der Waals surface area contributed by atoms with Crippen LogP contribution in [0.2, 0.25) is 0 Å². The normalized spacial score (nSPS) is 10.9. The van der Waals surface area contributed by atoms with Crippen LogP contribution in [0.4, 0.5) is 0 Å². The number of hydrogen-bond donors (Lipinski definition) is 2. The maximum absolute atomic E-state index is 12.7. The third kappa shape index (κ3) is 3.61. The van der Waals surface area contributed by atoms with Gasteiger partial charge < -0.3 is 15.1 Å². The molecule has 1 aromatic carbocycles. The first-order valence-electron chi connectivity index (χ1n) is 7.46. The average molecular weight is 302 g/mol. The summed E-state index contributed by atoms with van der Waals surface area (Å²) in [5.41, 5.74) is 3.22. The van der Waals surface area contributed by atoms with Crippen molar-refractivity contribution >= 4 is 16.8 Å². The van der Waals surface area contributed by atoms with Crippen molar-refractivity contribution in [3.8, 4) is 0 Å². The fraction of sp³-hybridized carbons (Fsp3) is 0.412. The second-order valence-corrected chi connectivity index (χ2v) is 5.41. The number of aromatic nitrogens is 1. The van der Waals surface area contributed by atoms with Gasteiger partial charge in [-0.25, -0.2) is 0 Å². The molecule has 118 valence electrons. The lowest BCUT2D eigenvalue weighted by Crippen LogP contribution is -2.35. The summed E-state index contributed by atoms with van der Waals surface area (Å²) in [5, 5.41) is 19.0. The minimum absolute atomic E-state index is 0.0173. The van der Waals surface area contributed by atoms with Gasteiger partial charge in [0.05, 0.1) is 23.4 Å². The quantitative estimate of drug-likeness (QED) is 0.851. The zero-order valence-electron chi connectivity index (χ0n) is 13.0. The number of fused-ring (bicyclic) bond motifs is 1. The number of aryl methyl sites for hydroxylation is 2. The van der Waals surface area contributed by atoms with Gasteiger partial charge in [-0.1, -0.05) is 12.1 Å². The molecule has 0 aliphatic carbocycles. The molecule has 5 heteroatoms. The Bertz CT molecular complexity index is 670. The summed E-state index contributed by atoms with van der Waals surface area (Å²) >= 11 is 0. The monoisotopic (exact) mass is 302 g/mol. The lowest BCUT2D eigenvalue weighted by molar-refractivity contribution is 0.0709. The van der Waals surface area contributed by atoms with E-state index >= 15 is 0 Å². The zero-order valence-corrected chi connectivity index (χ0v) is 13.0. The molecule has 0 bridgehead atoms. The molecule has 0 radical (unpaired) electrons. The van der Waals surface area contributed by atoms with Crippen LogP contribution >= 0.6 is 0 Å². The van der Waals surface area contributed by atoms with Gasteiger partial charge in [-0.05, 0) is 38.0 Å². The topological polar surface area (TPSA) is 73.7 Å². The number of hydrogen-bond acceptors (Lipinski definition) is 4. The van der Waals surface area contributed by atoms with Crippen molar-refractivity contribution in [2.45, 2.75) is 20.3 Å². The SMILES string of the molecule is Cc1ccc2cc(C(=O)N(CCO)CCCO)c(C)nc2c1. The largest absolute Gasteiger partial charge is 0.396 e. The number of carbonyl (C=O) groups excluding carboxylic acids is 1. The minimum atomic E-state index is -0.157. The molecule has 0 saturated carbocycles. The fourth-order valence-electron chi connectivity index (χ4n) is 2.46. The van der Waals surface area contributed by atoms with Gasteiger partial charge in [0.1, 0.15) is 0 Å². The van der Waals surface area contributed by atoms with Crippen molar-refractivity contribution in [2.24, 2.45) is 0 Å². The predicted octanol–water partition coefficient (Wildman–Crippen LogP) is 1.67. The smallest absolute Gasteiger partial charge is 0.255 e. The molecule has 1 aromatic heterocycles. The van der Waals surface area contributed by atoms with Gasteiger partial charge in [-0.15, -0.1) is 0 Å². The van der Waals surface area contributed by atoms with Crippen LogP contribution in [0.5, 0.6) is 0 Å². The van der Waals surface area contributed by atoms with Gasteiger partial charge in [0.2, 0.25) is 0 Å². The van der Waals surface area contributed by atoms with Gasteiger partial charge in [-0.2, -0.15) is 0 Å². The van der Waals surface area contributed by atoms with E-state index in [4.69, 9.17) is 10.2 Å². The van der Waals surface area contributed by atoms with Crippen molar-refractivity contribution < 1.29 is 15.0 Å². The minimum Gasteiger partial charge on any atom is -0.396 e. The number of aliphatic hydroxyl groups is 2. The Kier molecular flexibility index (Phi) is 5.46. The number of carbonyl (C=O) groups is 1. The molecule has 2 rings (SSSR count). The van der Waals surface area contributed by atoms with Crippen LogP contribution in [0.1, 0.15) is 28.0 Å². The van der Waals surface area contributed by atoms with Crippen LogP contribution < -0.4 is 0 Å². The van der Waals surface area contributed by atoms with Crippen molar-refractivity contribution in [3.05, 3.63) is 41.1 Å². The van der Waals surface area contributed by atoms with Gasteiger partial charge in [0.25, 0.3) is 5.91 Å². The Hall–Kier alpha value is -1.98. The first kappa shape index (κ1) is 16.4. The number of aliphatic hydroxyl groups excluding tert-OH is 2. The Morgan fingerprint density at radius 1 is 1.14 bits per heavy atom. The number of rotatable bonds is 6. The molecular weight excluding hydrogens is 280 g/mol. The summed E-state index contributed by atoms with van der Waals surface area (Å²) in [6, 6.07) is 7.79. The highest BCUT2D eigenvalue weighted by molar-refractivity contribution is 5.98. The molecule has 1 amide bonds. The van der Waals surface area contributed by atoms with Crippen molar-refractivity contribution in [2.75, 3.05) is 26.3 Å². The maximum atomic E-state index is 12.7. The molecule has 2 aromatic rings. The lowest BCUT2D eigenvalue weighted by atomic mass is 10.1. The zero-order chi connectivity index (χ0) is 16.1. The van der Waals surface area contributed by atoms with Crippen molar-refractivity contribution in [3.63, 3.8) is 0 Å². The highest BCUT2D eigenvalue weighted by Crippen LogP contribution is 2.19. The summed E-state index contributed by atoms with van der Waals surface area (Å²) in [5.74, 6) is -0.157. The van der Waals surface area contributed by atoms with Crippen molar-refractivity contribution in [1.82, 2.24) is 9.88 Å². The Morgan fingerprint density at radius 2 is 1.91 bits per heavy atom. The highest BCUT2D eigenvalue weighted by Gasteiger charge is 2.18. The molecule has 0 aliphatic rings. The Labute approximate surface area is 130 Å². The Morgan fingerprint density at radius 3 is 2.59 bits per heavy atom. The van der Waals surface area contributed by atoms with Crippen LogP contribution in [-0.4, -0.2) is 52.3 Å². The lowest BCUT2D eigenvalue weighted by Gasteiger charge is -2.22. The van der Waals surface area contributed by atoms with Crippen LogP contribution in [0, 0.1) is 13.8 Å². The van der Waals surface area contributed by atoms with Crippen LogP contribution in [-0.2, 0) is 0 Å². The van der Waals surface area contributed by atoms with E-state index in [1.807, 2.05) is 38.1 Å². The first-order chi connectivity index (χ1) is 10.6. The van der Waals surface area contributed by atoms with Gasteiger partial charge in [0, 0.05) is 25.1 Å². The van der Waals surface area contributed by atoms with E-state index in [9.17, 15) is 4.79 Å². The fourth-order valence-corrected chi connectivity index (χ4v) is 2.46. The molecule has 0 saturated heterocycles. The standard InChI is InChI=1S/C17H22N2O3/c1-12-4-5-14-11-15(13(2)18-16(14)10-12)17(22)19(7-9-21)6-3-8-20/h4-5,10-11,20-21H,3,6-9H2,1-2H3. The summed E-state index contributed by atoms with van der Waals surface area (Å²) in [4.78, 5) is 18.7. The number of pyridine rings is 1. The summed E-state index contributed by atoms with van der Waals surface area (Å²) < 4.78 is 0. The molecular formula is C17H22N2O3. The molecule has 0 fully saturated rings. The van der Waals surface area contributed by atoms with Gasteiger partial charge in [-0.3, -0.25) is 9.78 Å². The number of amides is 1. The number of nitrogens with zero attached hydrogens (tertiary/aromatic N) is 2.